The van der Waals surface area contributed by atoms with Gasteiger partial charge in [0.25, 0.3) is 0 Å². The van der Waals surface area contributed by atoms with E-state index in [0.29, 0.717) is 19.3 Å². The molecule has 54 heavy (non-hydrogen) atoms. The highest BCUT2D eigenvalue weighted by molar-refractivity contribution is 6.02. The topological polar surface area (TPSA) is 268 Å². The van der Waals surface area contributed by atoms with Crippen molar-refractivity contribution < 1.29 is 73.6 Å². The van der Waals surface area contributed by atoms with Crippen molar-refractivity contribution in [2.45, 2.75) is 127 Å². The lowest BCUT2D eigenvalue weighted by Gasteiger charge is -2.56. The Kier molecular flexibility index (Phi) is 11.4. The number of carbonyl (C=O) groups excluding carboxylic acids is 5. The predicted octanol–water partition coefficient (Wildman–Crippen LogP) is -2.30. The molecule has 3 unspecified atom stereocenters. The Balaban J connectivity index is 1.18. The standard InChI is InChI=1S/C37H52N2O15/c1-16(42)38-27-30(48)29(47)23(13-40)52-34(27)54-32-24(14-41)53-33(28(31(32)49)39-17(2)43)51-15-25(46)37(50)10-8-21-20-6-5-18-11-19(44)7-9-35(18,3)26(20)22(45)12-36(21,37)4/h7,9,11,20-21,23-24,26-34,40-41,47-50H,5-6,8,10,12-15H2,1-4H3,(H,38,42)(H,39,43)/t20?,21?,23-,24-,26?,27-,28-,29-,30-,31-,32-,33-,34+,35+,36+,37+/m1/s1. The van der Waals surface area contributed by atoms with E-state index in [0.717, 1.165) is 19.4 Å². The fourth-order valence-corrected chi connectivity index (χ4v) is 10.3. The largest absolute Gasteiger partial charge is 0.394 e. The minimum absolute atomic E-state index is 0.0594. The van der Waals surface area contributed by atoms with Crippen molar-refractivity contribution in [2.24, 2.45) is 28.6 Å². The van der Waals surface area contributed by atoms with Crippen molar-refractivity contribution in [3.8, 4) is 0 Å². The second-order valence-electron chi connectivity index (χ2n) is 16.1. The van der Waals surface area contributed by atoms with Crippen LogP contribution in [0.3, 0.4) is 0 Å². The van der Waals surface area contributed by atoms with Crippen LogP contribution in [0.2, 0.25) is 0 Å². The molecule has 2 saturated heterocycles. The molecule has 0 aromatic rings. The van der Waals surface area contributed by atoms with E-state index in [4.69, 9.17) is 18.9 Å². The second kappa shape index (κ2) is 15.2. The van der Waals surface area contributed by atoms with Crippen LogP contribution in [0.15, 0.2) is 23.8 Å². The average Bonchev–Trinajstić information content (AvgIpc) is 3.38. The maximum atomic E-state index is 14.1. The number of nitrogens with one attached hydrogen (secondary N) is 2. The Bertz CT molecular complexity index is 1590. The van der Waals surface area contributed by atoms with Crippen LogP contribution in [0.25, 0.3) is 0 Å². The molecular formula is C37H52N2O15. The zero-order valence-corrected chi connectivity index (χ0v) is 30.8. The molecule has 8 N–H and O–H groups in total. The summed E-state index contributed by atoms with van der Waals surface area (Å²) in [6.45, 7) is 3.76. The van der Waals surface area contributed by atoms with E-state index in [9.17, 15) is 54.6 Å². The molecule has 0 spiro atoms. The lowest BCUT2D eigenvalue weighted by Crippen LogP contribution is -2.69. The molecule has 6 aliphatic rings. The molecule has 0 aromatic carbocycles. The lowest BCUT2D eigenvalue weighted by atomic mass is 9.46. The van der Waals surface area contributed by atoms with E-state index in [1.165, 1.54) is 6.08 Å². The molecule has 17 nitrogen and oxygen atoms in total. The molecule has 4 aliphatic carbocycles. The van der Waals surface area contributed by atoms with Gasteiger partial charge in [-0.2, -0.15) is 0 Å². The summed E-state index contributed by atoms with van der Waals surface area (Å²) in [7, 11) is 0. The van der Waals surface area contributed by atoms with Crippen LogP contribution in [-0.4, -0.2) is 147 Å². The molecule has 0 bridgehead atoms. The van der Waals surface area contributed by atoms with Gasteiger partial charge in [0.05, 0.1) is 13.2 Å². The summed E-state index contributed by atoms with van der Waals surface area (Å²) in [6, 6.07) is -2.82. The molecule has 2 heterocycles. The van der Waals surface area contributed by atoms with Crippen molar-refractivity contribution in [1.29, 1.82) is 0 Å². The summed E-state index contributed by atoms with van der Waals surface area (Å²) in [6.07, 6.45) is -5.74. The minimum atomic E-state index is -1.96. The maximum absolute atomic E-state index is 14.1. The van der Waals surface area contributed by atoms with Gasteiger partial charge >= 0.3 is 0 Å². The Morgan fingerprint density at radius 3 is 2.17 bits per heavy atom. The summed E-state index contributed by atoms with van der Waals surface area (Å²) >= 11 is 0. The lowest BCUT2D eigenvalue weighted by molar-refractivity contribution is -0.331. The van der Waals surface area contributed by atoms with Gasteiger partial charge in [0.1, 0.15) is 66.7 Å². The third-order valence-electron chi connectivity index (χ3n) is 13.0. The Morgan fingerprint density at radius 2 is 1.54 bits per heavy atom. The Labute approximate surface area is 312 Å². The first kappa shape index (κ1) is 40.7. The van der Waals surface area contributed by atoms with Crippen molar-refractivity contribution >= 4 is 29.2 Å². The van der Waals surface area contributed by atoms with Crippen molar-refractivity contribution in [2.75, 3.05) is 19.8 Å². The minimum Gasteiger partial charge on any atom is -0.394 e. The van der Waals surface area contributed by atoms with Gasteiger partial charge < -0.3 is 60.2 Å². The van der Waals surface area contributed by atoms with Gasteiger partial charge in [-0.25, -0.2) is 0 Å². The van der Waals surface area contributed by atoms with Crippen LogP contribution < -0.4 is 10.6 Å². The summed E-state index contributed by atoms with van der Waals surface area (Å²) in [5, 5.41) is 69.7. The van der Waals surface area contributed by atoms with Crippen LogP contribution in [0, 0.1) is 28.6 Å². The highest BCUT2D eigenvalue weighted by Crippen LogP contribution is 2.66. The summed E-state index contributed by atoms with van der Waals surface area (Å²) in [5.41, 5.74) is -2.78. The number of fused-ring (bicyclic) bond motifs is 5. The zero-order chi connectivity index (χ0) is 39.5. The van der Waals surface area contributed by atoms with E-state index in [2.05, 4.69) is 10.6 Å². The summed E-state index contributed by atoms with van der Waals surface area (Å²) in [5.74, 6) is -2.88. The molecule has 2 amide bonds. The van der Waals surface area contributed by atoms with Crippen molar-refractivity contribution in [1.82, 2.24) is 10.6 Å². The highest BCUT2D eigenvalue weighted by atomic mass is 16.7. The van der Waals surface area contributed by atoms with Gasteiger partial charge in [0.15, 0.2) is 24.1 Å². The molecular weight excluding hydrogens is 712 g/mol. The predicted molar refractivity (Wildman–Crippen MR) is 183 cm³/mol. The second-order valence-corrected chi connectivity index (χ2v) is 16.1. The summed E-state index contributed by atoms with van der Waals surface area (Å²) < 4.78 is 23.4. The van der Waals surface area contributed by atoms with Crippen LogP contribution >= 0.6 is 0 Å². The van der Waals surface area contributed by atoms with Crippen LogP contribution in [-0.2, 0) is 42.9 Å². The Hall–Kier alpha value is -2.97. The van der Waals surface area contributed by atoms with Gasteiger partial charge in [-0.05, 0) is 49.7 Å². The number of allylic oxidation sites excluding steroid dienone is 4. The van der Waals surface area contributed by atoms with E-state index < -0.39 is 121 Å². The van der Waals surface area contributed by atoms with Gasteiger partial charge in [-0.15, -0.1) is 0 Å². The SMILES string of the molecule is CC(=O)N[C@H]1[C@H](OCC(=O)[C@@]2(O)CCC3C4CCC5=CC(=O)C=C[C@]5(C)C4C(=O)C[C@@]32C)O[C@H](CO)[C@@H](O[C@@H]2O[C@H](CO)[C@@H](O)[C@H](O)[C@H]2NC(C)=O)[C@@H]1O. The van der Waals surface area contributed by atoms with E-state index in [1.807, 2.05) is 13.0 Å². The van der Waals surface area contributed by atoms with Gasteiger partial charge in [-0.1, -0.05) is 25.5 Å². The van der Waals surface area contributed by atoms with E-state index in [-0.39, 0.29) is 36.2 Å². The number of aliphatic hydroxyl groups excluding tert-OH is 5. The number of rotatable bonds is 10. The van der Waals surface area contributed by atoms with Crippen LogP contribution in [0.5, 0.6) is 0 Å². The molecule has 300 valence electrons. The van der Waals surface area contributed by atoms with Crippen molar-refractivity contribution in [3.05, 3.63) is 23.8 Å². The van der Waals surface area contributed by atoms with E-state index in [1.54, 1.807) is 13.0 Å². The molecule has 16 atom stereocenters. The molecule has 2 aliphatic heterocycles. The third-order valence-corrected chi connectivity index (χ3v) is 13.0. The highest BCUT2D eigenvalue weighted by Gasteiger charge is 2.68. The molecule has 5 fully saturated rings. The van der Waals surface area contributed by atoms with E-state index >= 15 is 0 Å². The smallest absolute Gasteiger partial charge is 0.217 e. The average molecular weight is 765 g/mol. The fraction of sp³-hybridized carbons (Fsp3) is 0.757. The van der Waals surface area contributed by atoms with Crippen molar-refractivity contribution in [3.63, 3.8) is 0 Å². The molecule has 0 aromatic heterocycles. The number of ketones is 3. The number of aliphatic hydroxyl groups is 6. The first-order valence-electron chi connectivity index (χ1n) is 18.5. The Morgan fingerprint density at radius 1 is 0.907 bits per heavy atom. The number of ether oxygens (including phenoxy) is 4. The zero-order valence-electron chi connectivity index (χ0n) is 30.8. The van der Waals surface area contributed by atoms with Crippen LogP contribution in [0.1, 0.15) is 59.8 Å². The first-order valence-corrected chi connectivity index (χ1v) is 18.5. The number of carbonyl (C=O) groups is 5. The number of hydrogen-bond acceptors (Lipinski definition) is 15. The summed E-state index contributed by atoms with van der Waals surface area (Å²) in [4.78, 5) is 64.4. The van der Waals surface area contributed by atoms with Gasteiger partial charge in [0, 0.05) is 37.0 Å². The maximum Gasteiger partial charge on any atom is 0.217 e. The molecule has 3 saturated carbocycles. The first-order chi connectivity index (χ1) is 25.4. The number of Topliss-reactive ketones (excluding diaryl/α,β-unsaturated/α-hetero) is 2. The normalized spacial score (nSPS) is 45.8. The number of amides is 2. The molecule has 17 heteroatoms. The van der Waals surface area contributed by atoms with Gasteiger partial charge in [-0.3, -0.25) is 24.0 Å². The van der Waals surface area contributed by atoms with Gasteiger partial charge in [0.2, 0.25) is 11.8 Å². The van der Waals surface area contributed by atoms with Crippen LogP contribution in [0.4, 0.5) is 0 Å². The molecule has 0 radical (unpaired) electrons. The fourth-order valence-electron chi connectivity index (χ4n) is 10.3. The quantitative estimate of drug-likeness (QED) is 0.116. The monoisotopic (exact) mass is 764 g/mol. The molecule has 6 rings (SSSR count). The number of hydrogen-bond donors (Lipinski definition) is 8. The third kappa shape index (κ3) is 6.79.